The Labute approximate surface area is 147 Å². The van der Waals surface area contributed by atoms with Crippen LogP contribution in [0.2, 0.25) is 0 Å². The molecular formula is C18H16BrNO4. The molecular weight excluding hydrogens is 374 g/mol. The summed E-state index contributed by atoms with van der Waals surface area (Å²) in [7, 11) is 0. The van der Waals surface area contributed by atoms with Gasteiger partial charge in [0.25, 0.3) is 5.91 Å². The van der Waals surface area contributed by atoms with Gasteiger partial charge in [-0.2, -0.15) is 0 Å². The maximum Gasteiger partial charge on any atom is 0.294 e. The van der Waals surface area contributed by atoms with E-state index in [0.29, 0.717) is 17.2 Å². The Balaban J connectivity index is 2.15. The molecule has 1 N–H and O–H groups in total. The molecule has 124 valence electrons. The number of ketones is 1. The molecule has 1 amide bonds. The van der Waals surface area contributed by atoms with E-state index in [4.69, 9.17) is 4.42 Å². The predicted molar refractivity (Wildman–Crippen MR) is 92.8 cm³/mol. The molecule has 1 aliphatic rings. The summed E-state index contributed by atoms with van der Waals surface area (Å²) in [5, 5.41) is 10.3. The average molecular weight is 390 g/mol. The van der Waals surface area contributed by atoms with Gasteiger partial charge < -0.3 is 9.52 Å². The van der Waals surface area contributed by atoms with Gasteiger partial charge in [-0.15, -0.1) is 0 Å². The summed E-state index contributed by atoms with van der Waals surface area (Å²) >= 11 is 3.35. The number of nitrogens with zero attached hydrogens (tertiary/aromatic N) is 1. The normalized spacial score (nSPS) is 17.7. The summed E-state index contributed by atoms with van der Waals surface area (Å²) in [5.74, 6) is -0.274. The maximum atomic E-state index is 12.6. The average Bonchev–Trinajstić information content (AvgIpc) is 3.10. The van der Waals surface area contributed by atoms with Crippen LogP contribution < -0.4 is 4.90 Å². The van der Waals surface area contributed by atoms with Crippen LogP contribution in [0.15, 0.2) is 56.6 Å². The number of furan rings is 1. The molecule has 0 bridgehead atoms. The molecule has 0 saturated heterocycles. The number of aliphatic hydroxyl groups is 1. The maximum absolute atomic E-state index is 12.6. The summed E-state index contributed by atoms with van der Waals surface area (Å²) in [6, 6.07) is 9.81. The van der Waals surface area contributed by atoms with Crippen molar-refractivity contribution >= 4 is 33.3 Å². The molecule has 1 aromatic heterocycles. The second-order valence-electron chi connectivity index (χ2n) is 5.54. The second-order valence-corrected chi connectivity index (χ2v) is 6.46. The molecule has 1 aliphatic heterocycles. The Morgan fingerprint density at radius 2 is 1.92 bits per heavy atom. The number of rotatable bonds is 4. The van der Waals surface area contributed by atoms with Gasteiger partial charge in [0.15, 0.2) is 11.5 Å². The standard InChI is InChI=1S/C18H16BrNO4/c1-3-13(21)15-16(14-9-4-10(2)24-14)20(18(23)17(15)22)12-7-5-11(19)6-8-12/h4-9,16,22H,3H2,1-2H3. The topological polar surface area (TPSA) is 70.8 Å². The van der Waals surface area contributed by atoms with Gasteiger partial charge in [0.05, 0.1) is 5.57 Å². The number of anilines is 1. The zero-order chi connectivity index (χ0) is 17.4. The van der Waals surface area contributed by atoms with Crippen molar-refractivity contribution in [1.82, 2.24) is 0 Å². The highest BCUT2D eigenvalue weighted by atomic mass is 79.9. The molecule has 1 unspecified atom stereocenters. The summed E-state index contributed by atoms with van der Waals surface area (Å²) in [6.07, 6.45) is 0.192. The monoisotopic (exact) mass is 389 g/mol. The molecule has 6 heteroatoms. The van der Waals surface area contributed by atoms with E-state index in [1.807, 2.05) is 0 Å². The van der Waals surface area contributed by atoms with E-state index < -0.39 is 17.7 Å². The molecule has 5 nitrogen and oxygen atoms in total. The van der Waals surface area contributed by atoms with Gasteiger partial charge in [-0.3, -0.25) is 14.5 Å². The fourth-order valence-corrected chi connectivity index (χ4v) is 3.08. The minimum Gasteiger partial charge on any atom is -0.503 e. The number of amides is 1. The molecule has 24 heavy (non-hydrogen) atoms. The molecule has 1 aromatic carbocycles. The SMILES string of the molecule is CCC(=O)C1=C(O)C(=O)N(c2ccc(Br)cc2)C1c1ccc(C)o1. The third-order valence-electron chi connectivity index (χ3n) is 3.97. The molecule has 0 spiro atoms. The van der Waals surface area contributed by atoms with E-state index >= 15 is 0 Å². The number of halogens is 1. The van der Waals surface area contributed by atoms with Crippen LogP contribution >= 0.6 is 15.9 Å². The van der Waals surface area contributed by atoms with Crippen molar-refractivity contribution in [3.8, 4) is 0 Å². The molecule has 0 saturated carbocycles. The highest BCUT2D eigenvalue weighted by molar-refractivity contribution is 9.10. The number of Topliss-reactive ketones (excluding diaryl/α,β-unsaturated/α-hetero) is 1. The van der Waals surface area contributed by atoms with E-state index in [0.717, 1.165) is 4.47 Å². The van der Waals surface area contributed by atoms with Crippen molar-refractivity contribution in [2.75, 3.05) is 4.90 Å². The van der Waals surface area contributed by atoms with E-state index in [9.17, 15) is 14.7 Å². The van der Waals surface area contributed by atoms with Gasteiger partial charge in [-0.1, -0.05) is 22.9 Å². The van der Waals surface area contributed by atoms with Gasteiger partial charge in [0.2, 0.25) is 0 Å². The van der Waals surface area contributed by atoms with Crippen molar-refractivity contribution < 1.29 is 19.1 Å². The molecule has 0 fully saturated rings. The largest absolute Gasteiger partial charge is 0.503 e. The zero-order valence-corrected chi connectivity index (χ0v) is 14.8. The minimum atomic E-state index is -0.764. The quantitative estimate of drug-likeness (QED) is 0.848. The first kappa shape index (κ1) is 16.5. The van der Waals surface area contributed by atoms with Crippen LogP contribution in [-0.4, -0.2) is 16.8 Å². The highest BCUT2D eigenvalue weighted by Gasteiger charge is 2.45. The number of carbonyl (C=O) groups is 2. The van der Waals surface area contributed by atoms with Gasteiger partial charge in [-0.05, 0) is 43.3 Å². The van der Waals surface area contributed by atoms with Gasteiger partial charge in [-0.25, -0.2) is 0 Å². The summed E-state index contributed by atoms with van der Waals surface area (Å²) < 4.78 is 6.53. The molecule has 0 radical (unpaired) electrons. The van der Waals surface area contributed by atoms with E-state index in [2.05, 4.69) is 15.9 Å². The Bertz CT molecular complexity index is 835. The Morgan fingerprint density at radius 3 is 2.46 bits per heavy atom. The lowest BCUT2D eigenvalue weighted by molar-refractivity contribution is -0.118. The number of hydrogen-bond donors (Lipinski definition) is 1. The first-order valence-corrected chi connectivity index (χ1v) is 8.35. The Morgan fingerprint density at radius 1 is 1.25 bits per heavy atom. The van der Waals surface area contributed by atoms with Crippen LogP contribution in [0.3, 0.4) is 0 Å². The zero-order valence-electron chi connectivity index (χ0n) is 13.2. The van der Waals surface area contributed by atoms with Crippen LogP contribution in [-0.2, 0) is 9.59 Å². The summed E-state index contributed by atoms with van der Waals surface area (Å²) in [6.45, 7) is 3.48. The number of hydrogen-bond acceptors (Lipinski definition) is 4. The lowest BCUT2D eigenvalue weighted by Crippen LogP contribution is -2.30. The Kier molecular flexibility index (Phi) is 4.32. The van der Waals surface area contributed by atoms with Crippen LogP contribution in [0, 0.1) is 6.92 Å². The summed E-state index contributed by atoms with van der Waals surface area (Å²) in [4.78, 5) is 26.4. The third kappa shape index (κ3) is 2.67. The fourth-order valence-electron chi connectivity index (χ4n) is 2.82. The van der Waals surface area contributed by atoms with Crippen molar-refractivity contribution in [3.05, 3.63) is 63.7 Å². The molecule has 1 atom stereocenters. The van der Waals surface area contributed by atoms with E-state index in [-0.39, 0.29) is 17.8 Å². The van der Waals surface area contributed by atoms with Crippen molar-refractivity contribution in [1.29, 1.82) is 0 Å². The predicted octanol–water partition coefficient (Wildman–Crippen LogP) is 4.23. The molecule has 0 aliphatic carbocycles. The van der Waals surface area contributed by atoms with E-state index in [1.165, 1.54) is 4.90 Å². The Hall–Kier alpha value is -2.34. The van der Waals surface area contributed by atoms with Crippen LogP contribution in [0.1, 0.15) is 30.9 Å². The molecule has 3 rings (SSSR count). The summed E-state index contributed by atoms with van der Waals surface area (Å²) in [5.41, 5.74) is 0.660. The molecule has 2 heterocycles. The van der Waals surface area contributed by atoms with Crippen LogP contribution in [0.25, 0.3) is 0 Å². The van der Waals surface area contributed by atoms with Crippen molar-refractivity contribution in [2.24, 2.45) is 0 Å². The fraction of sp³-hybridized carbons (Fsp3) is 0.222. The first-order chi connectivity index (χ1) is 11.4. The number of carbonyl (C=O) groups excluding carboxylic acids is 2. The van der Waals surface area contributed by atoms with Gasteiger partial charge in [0.1, 0.15) is 17.6 Å². The van der Waals surface area contributed by atoms with Crippen molar-refractivity contribution in [3.63, 3.8) is 0 Å². The molecule has 2 aromatic rings. The third-order valence-corrected chi connectivity index (χ3v) is 4.49. The van der Waals surface area contributed by atoms with Crippen LogP contribution in [0.4, 0.5) is 5.69 Å². The van der Waals surface area contributed by atoms with Crippen LogP contribution in [0.5, 0.6) is 0 Å². The number of aliphatic hydroxyl groups excluding tert-OH is 1. The van der Waals surface area contributed by atoms with E-state index in [1.54, 1.807) is 50.2 Å². The van der Waals surface area contributed by atoms with Crippen molar-refractivity contribution in [2.45, 2.75) is 26.3 Å². The highest BCUT2D eigenvalue weighted by Crippen LogP contribution is 2.41. The minimum absolute atomic E-state index is 0.0831. The van der Waals surface area contributed by atoms with Gasteiger partial charge >= 0.3 is 0 Å². The lowest BCUT2D eigenvalue weighted by Gasteiger charge is -2.25. The second kappa shape index (κ2) is 6.28. The smallest absolute Gasteiger partial charge is 0.294 e. The lowest BCUT2D eigenvalue weighted by atomic mass is 9.99. The number of aryl methyl sites for hydroxylation is 1. The number of benzene rings is 1. The van der Waals surface area contributed by atoms with Gasteiger partial charge in [0, 0.05) is 16.6 Å². The first-order valence-electron chi connectivity index (χ1n) is 7.55.